The fraction of sp³-hybridized carbons (Fsp3) is 0.571. The van der Waals surface area contributed by atoms with Crippen LogP contribution in [-0.4, -0.2) is 36.7 Å². The second-order valence-electron chi connectivity index (χ2n) is 7.43. The van der Waals surface area contributed by atoms with Crippen molar-refractivity contribution in [2.24, 2.45) is 5.92 Å². The van der Waals surface area contributed by atoms with Crippen molar-refractivity contribution in [2.45, 2.75) is 51.1 Å². The van der Waals surface area contributed by atoms with Crippen LogP contribution >= 0.6 is 11.3 Å². The van der Waals surface area contributed by atoms with E-state index in [1.54, 1.807) is 25.6 Å². The summed E-state index contributed by atoms with van der Waals surface area (Å²) in [6.45, 7) is 2.20. The summed E-state index contributed by atoms with van der Waals surface area (Å²) in [4.78, 5) is 7.62. The molecule has 0 N–H and O–H groups in total. The highest BCUT2D eigenvalue weighted by molar-refractivity contribution is 7.13. The molecule has 26 heavy (non-hydrogen) atoms. The number of likely N-dealkylation sites (tertiary alicyclic amines) is 1. The van der Waals surface area contributed by atoms with E-state index in [1.807, 2.05) is 18.2 Å². The van der Waals surface area contributed by atoms with E-state index in [9.17, 15) is 0 Å². The molecule has 1 saturated heterocycles. The maximum Gasteiger partial charge on any atom is 0.132 e. The predicted molar refractivity (Wildman–Crippen MR) is 106 cm³/mol. The summed E-state index contributed by atoms with van der Waals surface area (Å²) in [5.41, 5.74) is 2.23. The third-order valence-electron chi connectivity index (χ3n) is 5.91. The Kier molecular flexibility index (Phi) is 5.46. The van der Waals surface area contributed by atoms with Crippen molar-refractivity contribution in [3.8, 4) is 22.1 Å². The van der Waals surface area contributed by atoms with Crippen LogP contribution in [0.15, 0.2) is 23.6 Å². The van der Waals surface area contributed by atoms with E-state index in [2.05, 4.69) is 10.3 Å². The minimum absolute atomic E-state index is 0.776. The summed E-state index contributed by atoms with van der Waals surface area (Å²) in [5, 5.41) is 3.24. The van der Waals surface area contributed by atoms with Gasteiger partial charge in [0.2, 0.25) is 0 Å². The molecule has 5 heteroatoms. The lowest BCUT2D eigenvalue weighted by Crippen LogP contribution is -2.46. The lowest BCUT2D eigenvalue weighted by molar-refractivity contribution is 0.0539. The Morgan fingerprint density at radius 2 is 1.96 bits per heavy atom. The van der Waals surface area contributed by atoms with Crippen LogP contribution < -0.4 is 9.47 Å². The first kappa shape index (κ1) is 17.8. The van der Waals surface area contributed by atoms with Gasteiger partial charge < -0.3 is 9.47 Å². The van der Waals surface area contributed by atoms with E-state index in [1.165, 1.54) is 50.8 Å². The molecule has 2 unspecified atom stereocenters. The second kappa shape index (κ2) is 7.97. The molecule has 140 valence electrons. The summed E-state index contributed by atoms with van der Waals surface area (Å²) < 4.78 is 10.8. The minimum Gasteiger partial charge on any atom is -0.497 e. The van der Waals surface area contributed by atoms with Gasteiger partial charge in [-0.2, -0.15) is 0 Å². The second-order valence-corrected chi connectivity index (χ2v) is 8.29. The smallest absolute Gasteiger partial charge is 0.132 e. The van der Waals surface area contributed by atoms with Crippen LogP contribution in [0.1, 0.15) is 44.2 Å². The van der Waals surface area contributed by atoms with Crippen LogP contribution in [0.3, 0.4) is 0 Å². The van der Waals surface area contributed by atoms with E-state index in [4.69, 9.17) is 14.5 Å². The number of aromatic nitrogens is 1. The van der Waals surface area contributed by atoms with Gasteiger partial charge in [0.1, 0.15) is 16.5 Å². The van der Waals surface area contributed by atoms with Gasteiger partial charge in [-0.15, -0.1) is 11.3 Å². The maximum absolute atomic E-state index is 5.55. The average Bonchev–Trinajstić information content (AvgIpc) is 3.16. The van der Waals surface area contributed by atoms with Crippen molar-refractivity contribution in [3.63, 3.8) is 0 Å². The zero-order valence-electron chi connectivity index (χ0n) is 15.7. The number of piperidine rings is 1. The Bertz CT molecular complexity index is 743. The quantitative estimate of drug-likeness (QED) is 0.741. The summed E-state index contributed by atoms with van der Waals surface area (Å²) in [6, 6.07) is 6.71. The topological polar surface area (TPSA) is 34.6 Å². The molecule has 2 atom stereocenters. The summed E-state index contributed by atoms with van der Waals surface area (Å²) in [6.07, 6.45) is 8.37. The summed E-state index contributed by atoms with van der Waals surface area (Å²) in [5.74, 6) is 2.53. The monoisotopic (exact) mass is 372 g/mol. The van der Waals surface area contributed by atoms with Gasteiger partial charge in [0, 0.05) is 24.0 Å². The first-order valence-electron chi connectivity index (χ1n) is 9.69. The number of ether oxygens (including phenoxy) is 2. The molecule has 4 rings (SSSR count). The SMILES string of the molecule is COc1ccc(-c2nc(CN3CCCC4CCCCC43)cs2)c(OC)c1. The van der Waals surface area contributed by atoms with Crippen molar-refractivity contribution in [1.82, 2.24) is 9.88 Å². The summed E-state index contributed by atoms with van der Waals surface area (Å²) in [7, 11) is 3.37. The number of benzene rings is 1. The highest BCUT2D eigenvalue weighted by Gasteiger charge is 2.33. The van der Waals surface area contributed by atoms with E-state index in [0.717, 1.165) is 40.6 Å². The van der Waals surface area contributed by atoms with Gasteiger partial charge in [-0.3, -0.25) is 4.90 Å². The third kappa shape index (κ3) is 3.60. The van der Waals surface area contributed by atoms with Crippen LogP contribution in [0.4, 0.5) is 0 Å². The average molecular weight is 373 g/mol. The van der Waals surface area contributed by atoms with Gasteiger partial charge in [-0.1, -0.05) is 12.8 Å². The minimum atomic E-state index is 0.776. The van der Waals surface area contributed by atoms with Crippen molar-refractivity contribution in [1.29, 1.82) is 0 Å². The molecule has 0 spiro atoms. The molecular weight excluding hydrogens is 344 g/mol. The number of fused-ring (bicyclic) bond motifs is 1. The molecule has 0 amide bonds. The van der Waals surface area contributed by atoms with E-state index < -0.39 is 0 Å². The Labute approximate surface area is 160 Å². The zero-order valence-corrected chi connectivity index (χ0v) is 16.6. The maximum atomic E-state index is 5.55. The molecule has 4 nitrogen and oxygen atoms in total. The number of rotatable bonds is 5. The van der Waals surface area contributed by atoms with Crippen LogP contribution in [0, 0.1) is 5.92 Å². The van der Waals surface area contributed by atoms with E-state index in [-0.39, 0.29) is 0 Å². The van der Waals surface area contributed by atoms with Crippen LogP contribution in [-0.2, 0) is 6.54 Å². The molecule has 2 heterocycles. The molecular formula is C21H28N2O2S. The zero-order chi connectivity index (χ0) is 17.9. The van der Waals surface area contributed by atoms with Crippen LogP contribution in [0.25, 0.3) is 10.6 Å². The standard InChI is InChI=1S/C21H28N2O2S/c1-24-17-9-10-18(20(12-17)25-2)21-22-16(14-26-21)13-23-11-5-7-15-6-3-4-8-19(15)23/h9-10,12,14-15,19H,3-8,11,13H2,1-2H3. The molecule has 1 saturated carbocycles. The van der Waals surface area contributed by atoms with Gasteiger partial charge >= 0.3 is 0 Å². The van der Waals surface area contributed by atoms with Crippen LogP contribution in [0.5, 0.6) is 11.5 Å². The Morgan fingerprint density at radius 3 is 2.81 bits per heavy atom. The number of nitrogens with zero attached hydrogens (tertiary/aromatic N) is 2. The lowest BCUT2D eigenvalue weighted by Gasteiger charge is -2.44. The van der Waals surface area contributed by atoms with Gasteiger partial charge in [0.05, 0.1) is 25.5 Å². The number of thiazole rings is 1. The lowest BCUT2D eigenvalue weighted by atomic mass is 9.78. The molecule has 1 aromatic carbocycles. The largest absolute Gasteiger partial charge is 0.497 e. The van der Waals surface area contributed by atoms with E-state index in [0.29, 0.717) is 0 Å². The molecule has 0 bridgehead atoms. The normalized spacial score (nSPS) is 23.5. The van der Waals surface area contributed by atoms with Crippen molar-refractivity contribution >= 4 is 11.3 Å². The van der Waals surface area contributed by atoms with Gasteiger partial charge in [-0.25, -0.2) is 4.98 Å². The highest BCUT2D eigenvalue weighted by Crippen LogP contribution is 2.38. The van der Waals surface area contributed by atoms with Gasteiger partial charge in [0.15, 0.2) is 0 Å². The molecule has 1 aliphatic heterocycles. The number of hydrogen-bond acceptors (Lipinski definition) is 5. The predicted octanol–water partition coefficient (Wildman–Crippen LogP) is 4.98. The van der Waals surface area contributed by atoms with Crippen molar-refractivity contribution < 1.29 is 9.47 Å². The third-order valence-corrected chi connectivity index (χ3v) is 6.84. The Morgan fingerprint density at radius 1 is 1.12 bits per heavy atom. The fourth-order valence-electron chi connectivity index (χ4n) is 4.61. The highest BCUT2D eigenvalue weighted by atomic mass is 32.1. The fourth-order valence-corrected chi connectivity index (χ4v) is 5.45. The Balaban J connectivity index is 1.51. The first-order valence-corrected chi connectivity index (χ1v) is 10.6. The van der Waals surface area contributed by atoms with E-state index >= 15 is 0 Å². The number of methoxy groups -OCH3 is 2. The summed E-state index contributed by atoms with van der Waals surface area (Å²) >= 11 is 1.70. The molecule has 1 aliphatic carbocycles. The van der Waals surface area contributed by atoms with Crippen LogP contribution in [0.2, 0.25) is 0 Å². The van der Waals surface area contributed by atoms with Gasteiger partial charge in [-0.05, 0) is 50.3 Å². The molecule has 1 aromatic heterocycles. The molecule has 2 aromatic rings. The van der Waals surface area contributed by atoms with Gasteiger partial charge in [0.25, 0.3) is 0 Å². The first-order chi connectivity index (χ1) is 12.8. The van der Waals surface area contributed by atoms with Crippen molar-refractivity contribution in [2.75, 3.05) is 20.8 Å². The van der Waals surface area contributed by atoms with Crippen molar-refractivity contribution in [3.05, 3.63) is 29.3 Å². The number of hydrogen-bond donors (Lipinski definition) is 0. The Hall–Kier alpha value is -1.59. The molecule has 2 aliphatic rings. The molecule has 0 radical (unpaired) electrons. The molecule has 2 fully saturated rings.